The molecular formula is C27H29N7. The number of pyridine rings is 2. The molecule has 34 heavy (non-hydrogen) atoms. The van der Waals surface area contributed by atoms with Gasteiger partial charge >= 0.3 is 0 Å². The molecule has 1 aromatic carbocycles. The molecule has 0 amide bonds. The van der Waals surface area contributed by atoms with Gasteiger partial charge in [-0.05, 0) is 55.6 Å². The van der Waals surface area contributed by atoms with Gasteiger partial charge in [-0.1, -0.05) is 36.4 Å². The molecule has 3 aromatic heterocycles. The molecule has 3 atom stereocenters. The maximum Gasteiger partial charge on any atom is 0.162 e. The molecule has 2 saturated heterocycles. The monoisotopic (exact) mass is 451 g/mol. The number of likely N-dealkylation sites (tertiary alicyclic amines) is 1. The van der Waals surface area contributed by atoms with Crippen LogP contribution in [-0.4, -0.2) is 50.6 Å². The normalized spacial score (nSPS) is 21.1. The zero-order valence-corrected chi connectivity index (χ0v) is 19.1. The average molecular weight is 452 g/mol. The molecule has 2 aliphatic heterocycles. The van der Waals surface area contributed by atoms with Crippen molar-refractivity contribution >= 4 is 17.0 Å². The van der Waals surface area contributed by atoms with Gasteiger partial charge in [0.25, 0.3) is 0 Å². The standard InChI is InChI=1S/C27H29N7/c1-2-7-24(33-16-19-14-29-15-20(19)17-33)34-26(21-10-6-13-30-25(21)28)32-23-12-11-22(31-27(23)34)18-8-4-3-5-9-18/h2-6,8-13,19-20,24,29H,1,7,14-17H2,(H2,28,30)/t19-,20?,24?/m1/s1. The van der Waals surface area contributed by atoms with E-state index in [9.17, 15) is 0 Å². The fraction of sp³-hybridized carbons (Fsp3) is 0.296. The number of benzene rings is 1. The number of anilines is 1. The van der Waals surface area contributed by atoms with Gasteiger partial charge in [0.1, 0.15) is 17.2 Å². The Bertz CT molecular complexity index is 1320. The molecule has 6 rings (SSSR count). The summed E-state index contributed by atoms with van der Waals surface area (Å²) in [5.74, 6) is 2.64. The Morgan fingerprint density at radius 2 is 1.82 bits per heavy atom. The van der Waals surface area contributed by atoms with Gasteiger partial charge in [-0.15, -0.1) is 6.58 Å². The minimum atomic E-state index is 0.0567. The number of fused-ring (bicyclic) bond motifs is 2. The highest BCUT2D eigenvalue weighted by Gasteiger charge is 2.40. The van der Waals surface area contributed by atoms with Crippen molar-refractivity contribution in [2.75, 3.05) is 31.9 Å². The lowest BCUT2D eigenvalue weighted by atomic mass is 10.0. The smallest absolute Gasteiger partial charge is 0.162 e. The van der Waals surface area contributed by atoms with Gasteiger partial charge in [-0.3, -0.25) is 9.47 Å². The number of hydrogen-bond acceptors (Lipinski definition) is 6. The van der Waals surface area contributed by atoms with Crippen molar-refractivity contribution in [2.24, 2.45) is 11.8 Å². The number of imidazole rings is 1. The summed E-state index contributed by atoms with van der Waals surface area (Å²) >= 11 is 0. The lowest BCUT2D eigenvalue weighted by Crippen LogP contribution is -2.33. The Labute approximate surface area is 199 Å². The number of nitrogens with one attached hydrogen (secondary N) is 1. The Morgan fingerprint density at radius 1 is 1.03 bits per heavy atom. The van der Waals surface area contributed by atoms with Gasteiger partial charge in [0.2, 0.25) is 0 Å². The first-order valence-electron chi connectivity index (χ1n) is 11.9. The first kappa shape index (κ1) is 21.0. The Balaban J connectivity index is 1.55. The van der Waals surface area contributed by atoms with E-state index in [2.05, 4.69) is 44.5 Å². The van der Waals surface area contributed by atoms with Crippen LogP contribution in [0.4, 0.5) is 5.82 Å². The van der Waals surface area contributed by atoms with E-state index >= 15 is 0 Å². The number of hydrogen-bond donors (Lipinski definition) is 2. The van der Waals surface area contributed by atoms with Crippen molar-refractivity contribution < 1.29 is 0 Å². The fourth-order valence-electron chi connectivity index (χ4n) is 5.52. The Morgan fingerprint density at radius 3 is 2.56 bits per heavy atom. The molecule has 4 aromatic rings. The summed E-state index contributed by atoms with van der Waals surface area (Å²) in [4.78, 5) is 17.1. The van der Waals surface area contributed by atoms with E-state index in [1.165, 1.54) is 0 Å². The van der Waals surface area contributed by atoms with Crippen LogP contribution in [0.1, 0.15) is 12.6 Å². The summed E-state index contributed by atoms with van der Waals surface area (Å²) in [6.07, 6.45) is 4.57. The summed E-state index contributed by atoms with van der Waals surface area (Å²) < 4.78 is 2.27. The van der Waals surface area contributed by atoms with Gasteiger partial charge in [0.15, 0.2) is 5.65 Å². The van der Waals surface area contributed by atoms with Crippen molar-refractivity contribution in [3.05, 3.63) is 73.4 Å². The molecular weight excluding hydrogens is 422 g/mol. The summed E-state index contributed by atoms with van der Waals surface area (Å²) in [7, 11) is 0. The summed E-state index contributed by atoms with van der Waals surface area (Å²) in [6, 6.07) is 18.3. The van der Waals surface area contributed by atoms with Crippen LogP contribution < -0.4 is 11.1 Å². The van der Waals surface area contributed by atoms with Crippen LogP contribution in [0.2, 0.25) is 0 Å². The summed E-state index contributed by atoms with van der Waals surface area (Å²) in [5.41, 5.74) is 10.9. The van der Waals surface area contributed by atoms with Crippen molar-refractivity contribution in [3.63, 3.8) is 0 Å². The highest BCUT2D eigenvalue weighted by atomic mass is 15.3. The first-order valence-corrected chi connectivity index (χ1v) is 11.9. The van der Waals surface area contributed by atoms with Crippen LogP contribution in [0.5, 0.6) is 0 Å². The highest BCUT2D eigenvalue weighted by Crippen LogP contribution is 2.38. The number of nitrogens with zero attached hydrogens (tertiary/aromatic N) is 5. The van der Waals surface area contributed by atoms with Crippen LogP contribution >= 0.6 is 0 Å². The summed E-state index contributed by atoms with van der Waals surface area (Å²) in [5, 5.41) is 3.55. The topological polar surface area (TPSA) is 84.9 Å². The second-order valence-corrected chi connectivity index (χ2v) is 9.28. The van der Waals surface area contributed by atoms with E-state index in [-0.39, 0.29) is 6.17 Å². The number of nitrogen functional groups attached to an aromatic ring is 1. The molecule has 0 radical (unpaired) electrons. The van der Waals surface area contributed by atoms with E-state index in [1.54, 1.807) is 6.20 Å². The zero-order valence-electron chi connectivity index (χ0n) is 19.1. The maximum absolute atomic E-state index is 6.34. The molecule has 3 N–H and O–H groups in total. The minimum absolute atomic E-state index is 0.0567. The van der Waals surface area contributed by atoms with Crippen LogP contribution in [0.25, 0.3) is 33.8 Å². The Kier molecular flexibility index (Phi) is 5.36. The molecule has 0 spiro atoms. The van der Waals surface area contributed by atoms with Gasteiger partial charge in [0.05, 0.1) is 17.4 Å². The van der Waals surface area contributed by atoms with Crippen LogP contribution in [0.15, 0.2) is 73.4 Å². The quantitative estimate of drug-likeness (QED) is 0.432. The van der Waals surface area contributed by atoms with Crippen LogP contribution in [0.3, 0.4) is 0 Å². The van der Waals surface area contributed by atoms with Crippen molar-refractivity contribution in [1.82, 2.24) is 29.7 Å². The molecule has 0 saturated carbocycles. The van der Waals surface area contributed by atoms with E-state index in [0.717, 1.165) is 66.4 Å². The largest absolute Gasteiger partial charge is 0.383 e. The number of aromatic nitrogens is 4. The molecule has 172 valence electrons. The van der Waals surface area contributed by atoms with Gasteiger partial charge in [-0.25, -0.2) is 15.0 Å². The number of rotatable bonds is 6. The minimum Gasteiger partial charge on any atom is -0.383 e. The first-order chi connectivity index (χ1) is 16.7. The average Bonchev–Trinajstić information content (AvgIpc) is 3.57. The molecule has 7 nitrogen and oxygen atoms in total. The zero-order chi connectivity index (χ0) is 23.1. The third-order valence-corrected chi connectivity index (χ3v) is 7.20. The predicted molar refractivity (Wildman–Crippen MR) is 136 cm³/mol. The Hall–Kier alpha value is -3.55. The lowest BCUT2D eigenvalue weighted by Gasteiger charge is -2.30. The molecule has 0 bridgehead atoms. The van der Waals surface area contributed by atoms with Crippen LogP contribution in [-0.2, 0) is 0 Å². The van der Waals surface area contributed by atoms with Gasteiger partial charge in [0, 0.05) is 24.8 Å². The predicted octanol–water partition coefficient (Wildman–Crippen LogP) is 3.97. The van der Waals surface area contributed by atoms with E-state index in [4.69, 9.17) is 15.7 Å². The molecule has 2 unspecified atom stereocenters. The third-order valence-electron chi connectivity index (χ3n) is 7.20. The van der Waals surface area contributed by atoms with Gasteiger partial charge in [-0.2, -0.15) is 0 Å². The van der Waals surface area contributed by atoms with E-state index < -0.39 is 0 Å². The van der Waals surface area contributed by atoms with Crippen molar-refractivity contribution in [1.29, 1.82) is 0 Å². The van der Waals surface area contributed by atoms with E-state index in [1.807, 2.05) is 42.5 Å². The highest BCUT2D eigenvalue weighted by molar-refractivity contribution is 5.82. The second-order valence-electron chi connectivity index (χ2n) is 9.28. The van der Waals surface area contributed by atoms with Crippen molar-refractivity contribution in [3.8, 4) is 22.6 Å². The molecule has 7 heteroatoms. The number of nitrogens with two attached hydrogens (primary N) is 1. The fourth-order valence-corrected chi connectivity index (χ4v) is 5.52. The summed E-state index contributed by atoms with van der Waals surface area (Å²) in [6.45, 7) is 8.37. The molecule has 2 aliphatic rings. The molecule has 0 aliphatic carbocycles. The maximum atomic E-state index is 6.34. The molecule has 5 heterocycles. The lowest BCUT2D eigenvalue weighted by molar-refractivity contribution is 0.170. The second kappa shape index (κ2) is 8.66. The van der Waals surface area contributed by atoms with Crippen molar-refractivity contribution in [2.45, 2.75) is 12.6 Å². The SMILES string of the molecule is C=CCC(N1CC2CNC[C@@H]2C1)n1c(-c2cccnc2N)nc2ccc(-c3ccccc3)nc21. The van der Waals surface area contributed by atoms with E-state index in [0.29, 0.717) is 17.7 Å². The van der Waals surface area contributed by atoms with Gasteiger partial charge < -0.3 is 11.1 Å². The molecule has 2 fully saturated rings. The third kappa shape index (κ3) is 3.57. The van der Waals surface area contributed by atoms with Crippen LogP contribution in [0, 0.1) is 11.8 Å².